The predicted octanol–water partition coefficient (Wildman–Crippen LogP) is 0.657. The second kappa shape index (κ2) is 4.15. The number of aromatic nitrogens is 3. The molecule has 0 fully saturated rings. The molecule has 68 valence electrons. The Morgan fingerprint density at radius 1 is 1.75 bits per heavy atom. The van der Waals surface area contributed by atoms with E-state index < -0.39 is 6.67 Å². The summed E-state index contributed by atoms with van der Waals surface area (Å²) < 4.78 is 13.3. The third-order valence-corrected chi connectivity index (χ3v) is 1.69. The zero-order valence-corrected chi connectivity index (χ0v) is 7.07. The van der Waals surface area contributed by atoms with Crippen LogP contribution in [0.5, 0.6) is 0 Å². The van der Waals surface area contributed by atoms with Gasteiger partial charge in [-0.1, -0.05) is 12.1 Å². The SMILES string of the molecule is CCC(N)c1cn(CCF)nn1. The minimum absolute atomic E-state index is 0.0849. The second-order valence-electron chi connectivity index (χ2n) is 2.61. The zero-order valence-electron chi connectivity index (χ0n) is 7.07. The molecule has 0 aliphatic carbocycles. The molecule has 0 saturated heterocycles. The van der Waals surface area contributed by atoms with Crippen LogP contribution in [0.3, 0.4) is 0 Å². The van der Waals surface area contributed by atoms with E-state index >= 15 is 0 Å². The normalized spacial score (nSPS) is 13.2. The van der Waals surface area contributed by atoms with Crippen LogP contribution < -0.4 is 5.73 Å². The van der Waals surface area contributed by atoms with Crippen LogP contribution in [-0.2, 0) is 6.54 Å². The Morgan fingerprint density at radius 3 is 3.08 bits per heavy atom. The molecule has 0 amide bonds. The summed E-state index contributed by atoms with van der Waals surface area (Å²) in [6, 6.07) is -0.0849. The van der Waals surface area contributed by atoms with Gasteiger partial charge in [-0.05, 0) is 6.42 Å². The third-order valence-electron chi connectivity index (χ3n) is 1.69. The second-order valence-corrected chi connectivity index (χ2v) is 2.61. The summed E-state index contributed by atoms with van der Waals surface area (Å²) in [5, 5.41) is 7.55. The number of alkyl halides is 1. The summed E-state index contributed by atoms with van der Waals surface area (Å²) in [5.41, 5.74) is 6.42. The van der Waals surface area contributed by atoms with E-state index in [1.165, 1.54) is 4.68 Å². The molecule has 4 nitrogen and oxygen atoms in total. The zero-order chi connectivity index (χ0) is 8.97. The van der Waals surface area contributed by atoms with Gasteiger partial charge in [0.15, 0.2) is 0 Å². The summed E-state index contributed by atoms with van der Waals surface area (Å²) >= 11 is 0. The smallest absolute Gasteiger partial charge is 0.109 e. The number of aryl methyl sites for hydroxylation is 1. The first-order chi connectivity index (χ1) is 5.77. The van der Waals surface area contributed by atoms with Crippen molar-refractivity contribution in [1.82, 2.24) is 15.0 Å². The van der Waals surface area contributed by atoms with E-state index in [-0.39, 0.29) is 12.6 Å². The monoisotopic (exact) mass is 172 g/mol. The van der Waals surface area contributed by atoms with Crippen LogP contribution in [0.2, 0.25) is 0 Å². The summed E-state index contributed by atoms with van der Waals surface area (Å²) in [4.78, 5) is 0. The average Bonchev–Trinajstić information content (AvgIpc) is 2.52. The average molecular weight is 172 g/mol. The van der Waals surface area contributed by atoms with Crippen molar-refractivity contribution in [3.8, 4) is 0 Å². The topological polar surface area (TPSA) is 56.7 Å². The van der Waals surface area contributed by atoms with Gasteiger partial charge in [-0.15, -0.1) is 5.10 Å². The van der Waals surface area contributed by atoms with Crippen molar-refractivity contribution in [2.75, 3.05) is 6.67 Å². The molecule has 1 aromatic rings. The van der Waals surface area contributed by atoms with Gasteiger partial charge in [0.2, 0.25) is 0 Å². The van der Waals surface area contributed by atoms with Crippen LogP contribution in [0.4, 0.5) is 4.39 Å². The molecule has 12 heavy (non-hydrogen) atoms. The molecule has 5 heteroatoms. The Hall–Kier alpha value is -0.970. The number of rotatable bonds is 4. The van der Waals surface area contributed by atoms with Gasteiger partial charge >= 0.3 is 0 Å². The van der Waals surface area contributed by atoms with Crippen molar-refractivity contribution in [3.05, 3.63) is 11.9 Å². The highest BCUT2D eigenvalue weighted by Crippen LogP contribution is 2.08. The maximum Gasteiger partial charge on any atom is 0.109 e. The molecule has 0 radical (unpaired) electrons. The lowest BCUT2D eigenvalue weighted by atomic mass is 10.2. The Morgan fingerprint density at radius 2 is 2.50 bits per heavy atom. The van der Waals surface area contributed by atoms with Crippen molar-refractivity contribution in [1.29, 1.82) is 0 Å². The van der Waals surface area contributed by atoms with Gasteiger partial charge in [0.1, 0.15) is 6.67 Å². The van der Waals surface area contributed by atoms with E-state index in [0.717, 1.165) is 12.1 Å². The van der Waals surface area contributed by atoms with Gasteiger partial charge in [0.05, 0.1) is 24.5 Å². The number of hydrogen-bond donors (Lipinski definition) is 1. The maximum absolute atomic E-state index is 11.9. The molecule has 0 bridgehead atoms. The molecule has 0 saturated carbocycles. The van der Waals surface area contributed by atoms with E-state index in [1.54, 1.807) is 6.20 Å². The van der Waals surface area contributed by atoms with Crippen LogP contribution in [0, 0.1) is 0 Å². The van der Waals surface area contributed by atoms with Crippen LogP contribution >= 0.6 is 0 Å². The molecule has 0 aliphatic heterocycles. The number of halogens is 1. The summed E-state index contributed by atoms with van der Waals surface area (Å²) in [5.74, 6) is 0. The van der Waals surface area contributed by atoms with E-state index in [1.807, 2.05) is 6.92 Å². The Kier molecular flexibility index (Phi) is 3.16. The fraction of sp³-hybridized carbons (Fsp3) is 0.714. The fourth-order valence-electron chi connectivity index (χ4n) is 0.888. The standard InChI is InChI=1S/C7H13FN4/c1-2-6(9)7-5-12(4-3-8)11-10-7/h5-6H,2-4,9H2,1H3. The fourth-order valence-corrected chi connectivity index (χ4v) is 0.888. The lowest BCUT2D eigenvalue weighted by Crippen LogP contribution is -2.08. The van der Waals surface area contributed by atoms with Gasteiger partial charge in [0, 0.05) is 0 Å². The van der Waals surface area contributed by atoms with E-state index in [0.29, 0.717) is 0 Å². The number of nitrogens with zero attached hydrogens (tertiary/aromatic N) is 3. The summed E-state index contributed by atoms with van der Waals surface area (Å²) in [6.45, 7) is 1.80. The van der Waals surface area contributed by atoms with Gasteiger partial charge in [0.25, 0.3) is 0 Å². The van der Waals surface area contributed by atoms with Crippen LogP contribution in [0.25, 0.3) is 0 Å². The maximum atomic E-state index is 11.9. The molecule has 0 aliphatic rings. The largest absolute Gasteiger partial charge is 0.323 e. The van der Waals surface area contributed by atoms with Crippen molar-refractivity contribution in [2.24, 2.45) is 5.73 Å². The highest BCUT2D eigenvalue weighted by Gasteiger charge is 2.07. The molecule has 2 N–H and O–H groups in total. The highest BCUT2D eigenvalue weighted by atomic mass is 19.1. The number of hydrogen-bond acceptors (Lipinski definition) is 3. The van der Waals surface area contributed by atoms with Crippen LogP contribution in [-0.4, -0.2) is 21.7 Å². The first kappa shape index (κ1) is 9.12. The Bertz CT molecular complexity index is 235. The first-order valence-electron chi connectivity index (χ1n) is 3.99. The molecule has 1 rings (SSSR count). The quantitative estimate of drug-likeness (QED) is 0.725. The van der Waals surface area contributed by atoms with E-state index in [4.69, 9.17) is 5.73 Å². The molecule has 0 aromatic carbocycles. The summed E-state index contributed by atoms with van der Waals surface area (Å²) in [6.07, 6.45) is 2.50. The van der Waals surface area contributed by atoms with Crippen molar-refractivity contribution in [3.63, 3.8) is 0 Å². The summed E-state index contributed by atoms with van der Waals surface area (Å²) in [7, 11) is 0. The van der Waals surface area contributed by atoms with Crippen LogP contribution in [0.15, 0.2) is 6.20 Å². The highest BCUT2D eigenvalue weighted by molar-refractivity contribution is 4.98. The molecule has 0 spiro atoms. The van der Waals surface area contributed by atoms with E-state index in [2.05, 4.69) is 10.3 Å². The van der Waals surface area contributed by atoms with Gasteiger partial charge in [-0.2, -0.15) is 0 Å². The molecular formula is C7H13FN4. The number of nitrogens with two attached hydrogens (primary N) is 1. The lowest BCUT2D eigenvalue weighted by molar-refractivity contribution is 0.422. The molecule has 1 unspecified atom stereocenters. The predicted molar refractivity (Wildman–Crippen MR) is 43.2 cm³/mol. The van der Waals surface area contributed by atoms with Gasteiger partial charge < -0.3 is 5.73 Å². The Balaban J connectivity index is 2.63. The molecule has 1 atom stereocenters. The first-order valence-corrected chi connectivity index (χ1v) is 3.99. The minimum atomic E-state index is -0.426. The molecule has 1 aromatic heterocycles. The van der Waals surface area contributed by atoms with Crippen molar-refractivity contribution >= 4 is 0 Å². The molecular weight excluding hydrogens is 159 g/mol. The minimum Gasteiger partial charge on any atom is -0.323 e. The molecule has 1 heterocycles. The van der Waals surface area contributed by atoms with Crippen molar-refractivity contribution in [2.45, 2.75) is 25.9 Å². The van der Waals surface area contributed by atoms with Gasteiger partial charge in [-0.25, -0.2) is 9.07 Å². The van der Waals surface area contributed by atoms with Gasteiger partial charge in [-0.3, -0.25) is 0 Å². The lowest BCUT2D eigenvalue weighted by Gasteiger charge is -2.01. The van der Waals surface area contributed by atoms with E-state index in [9.17, 15) is 4.39 Å². The Labute approximate surface area is 70.6 Å². The van der Waals surface area contributed by atoms with Crippen molar-refractivity contribution < 1.29 is 4.39 Å². The van der Waals surface area contributed by atoms with Crippen LogP contribution in [0.1, 0.15) is 25.1 Å². The third kappa shape index (κ3) is 2.01.